The zero-order valence-corrected chi connectivity index (χ0v) is 13.3. The summed E-state index contributed by atoms with van der Waals surface area (Å²) in [6.45, 7) is 6.54. The number of nitrogens with zero attached hydrogens (tertiary/aromatic N) is 3. The Kier molecular flexibility index (Phi) is 4.08. The maximum absolute atomic E-state index is 12.6. The van der Waals surface area contributed by atoms with Crippen molar-refractivity contribution in [2.45, 2.75) is 57.6 Å². The summed E-state index contributed by atoms with van der Waals surface area (Å²) in [5.41, 5.74) is -0.784. The van der Waals surface area contributed by atoms with Gasteiger partial charge >= 0.3 is 5.69 Å². The maximum atomic E-state index is 12.6. The molecule has 0 radical (unpaired) electrons. The molecule has 22 heavy (non-hydrogen) atoms. The van der Waals surface area contributed by atoms with Gasteiger partial charge in [0.25, 0.3) is 5.91 Å². The minimum absolute atomic E-state index is 0.110. The van der Waals surface area contributed by atoms with Crippen molar-refractivity contribution in [1.82, 2.24) is 19.7 Å². The zero-order chi connectivity index (χ0) is 15.7. The van der Waals surface area contributed by atoms with Gasteiger partial charge in [-0.3, -0.25) is 9.36 Å². The van der Waals surface area contributed by atoms with Gasteiger partial charge in [0, 0.05) is 32.2 Å². The Hall–Kier alpha value is -1.63. The molecule has 0 bridgehead atoms. The molecule has 2 fully saturated rings. The van der Waals surface area contributed by atoms with E-state index in [1.165, 1.54) is 0 Å². The highest BCUT2D eigenvalue weighted by Gasteiger charge is 2.41. The summed E-state index contributed by atoms with van der Waals surface area (Å²) in [5.74, 6) is 1.17. The van der Waals surface area contributed by atoms with Crippen molar-refractivity contribution in [3.05, 3.63) is 16.3 Å². The number of carbonyl (C=O) groups is 1. The van der Waals surface area contributed by atoms with Crippen molar-refractivity contribution in [1.29, 1.82) is 0 Å². The molecule has 2 aliphatic rings. The quantitative estimate of drug-likeness (QED) is 0.898. The Labute approximate surface area is 129 Å². The maximum Gasteiger partial charge on any atom is 0.343 e. The fourth-order valence-corrected chi connectivity index (χ4v) is 3.57. The van der Waals surface area contributed by atoms with Crippen LogP contribution in [0, 0.1) is 0 Å². The van der Waals surface area contributed by atoms with E-state index in [2.05, 4.69) is 10.2 Å². The van der Waals surface area contributed by atoms with Gasteiger partial charge in [-0.15, -0.1) is 0 Å². The molecule has 0 saturated carbocycles. The fraction of sp³-hybridized carbons (Fsp3) is 0.800. The molecule has 0 spiro atoms. The van der Waals surface area contributed by atoms with Crippen molar-refractivity contribution in [2.75, 3.05) is 19.7 Å². The Morgan fingerprint density at radius 2 is 2.18 bits per heavy atom. The highest BCUT2D eigenvalue weighted by Crippen LogP contribution is 2.31. The highest BCUT2D eigenvalue weighted by atomic mass is 16.5. The van der Waals surface area contributed by atoms with Gasteiger partial charge in [-0.05, 0) is 39.5 Å². The Morgan fingerprint density at radius 3 is 2.77 bits per heavy atom. The third-order valence-corrected chi connectivity index (χ3v) is 4.92. The van der Waals surface area contributed by atoms with Crippen LogP contribution in [0.4, 0.5) is 0 Å². The van der Waals surface area contributed by atoms with Crippen molar-refractivity contribution in [2.24, 2.45) is 0 Å². The summed E-state index contributed by atoms with van der Waals surface area (Å²) in [6.07, 6.45) is 3.44. The Morgan fingerprint density at radius 1 is 1.45 bits per heavy atom. The van der Waals surface area contributed by atoms with Crippen LogP contribution in [0.5, 0.6) is 0 Å². The standard InChI is InChI=1S/C15H24N4O3/c1-3-19-12(16-17-14(19)21)11-5-8-18(9-6-11)13(20)15(2)7-4-10-22-15/h11H,3-10H2,1-2H3,(H,17,21). The highest BCUT2D eigenvalue weighted by molar-refractivity contribution is 5.85. The number of hydrogen-bond acceptors (Lipinski definition) is 4. The van der Waals surface area contributed by atoms with Crippen molar-refractivity contribution in [3.63, 3.8) is 0 Å². The average Bonchev–Trinajstić information content (AvgIpc) is 3.13. The number of nitrogens with one attached hydrogen (secondary N) is 1. The van der Waals surface area contributed by atoms with Crippen molar-refractivity contribution in [3.8, 4) is 0 Å². The molecule has 0 aromatic carbocycles. The van der Waals surface area contributed by atoms with Crippen LogP contribution < -0.4 is 5.69 Å². The first-order chi connectivity index (χ1) is 10.5. The molecule has 2 saturated heterocycles. The molecule has 122 valence electrons. The molecule has 1 amide bonds. The summed E-state index contributed by atoms with van der Waals surface area (Å²) in [4.78, 5) is 26.2. The van der Waals surface area contributed by atoms with Crippen LogP contribution in [0.3, 0.4) is 0 Å². The van der Waals surface area contributed by atoms with E-state index in [-0.39, 0.29) is 17.5 Å². The monoisotopic (exact) mass is 308 g/mol. The van der Waals surface area contributed by atoms with E-state index >= 15 is 0 Å². The topological polar surface area (TPSA) is 80.2 Å². The minimum atomic E-state index is -0.634. The Balaban J connectivity index is 1.65. The number of aromatic amines is 1. The van der Waals surface area contributed by atoms with E-state index in [0.29, 0.717) is 26.2 Å². The second kappa shape index (κ2) is 5.87. The predicted octanol–water partition coefficient (Wildman–Crippen LogP) is 0.866. The summed E-state index contributed by atoms with van der Waals surface area (Å²) in [7, 11) is 0. The zero-order valence-electron chi connectivity index (χ0n) is 13.3. The molecule has 1 atom stereocenters. The van der Waals surface area contributed by atoms with Crippen LogP contribution in [-0.4, -0.2) is 50.9 Å². The average molecular weight is 308 g/mol. The summed E-state index contributed by atoms with van der Waals surface area (Å²) in [6, 6.07) is 0. The van der Waals surface area contributed by atoms with E-state index < -0.39 is 5.60 Å². The summed E-state index contributed by atoms with van der Waals surface area (Å²) < 4.78 is 7.34. The molecule has 7 heteroatoms. The first kappa shape index (κ1) is 15.3. The third kappa shape index (κ3) is 2.58. The van der Waals surface area contributed by atoms with Crippen molar-refractivity contribution >= 4 is 5.91 Å². The SMILES string of the molecule is CCn1c(C2CCN(C(=O)C3(C)CCCO3)CC2)n[nH]c1=O. The normalized spacial score (nSPS) is 26.5. The molecule has 0 aliphatic carbocycles. The fourth-order valence-electron chi connectivity index (χ4n) is 3.57. The van der Waals surface area contributed by atoms with Gasteiger partial charge in [0.15, 0.2) is 0 Å². The number of ether oxygens (including phenoxy) is 1. The van der Waals surface area contributed by atoms with Gasteiger partial charge in [-0.2, -0.15) is 5.10 Å². The first-order valence-electron chi connectivity index (χ1n) is 8.13. The van der Waals surface area contributed by atoms with Crippen LogP contribution in [0.1, 0.15) is 51.3 Å². The lowest BCUT2D eigenvalue weighted by molar-refractivity contribution is -0.152. The number of aromatic nitrogens is 3. The second-order valence-electron chi connectivity index (χ2n) is 6.38. The molecule has 1 aromatic heterocycles. The largest absolute Gasteiger partial charge is 0.365 e. The van der Waals surface area contributed by atoms with Crippen LogP contribution in [0.15, 0.2) is 4.79 Å². The molecule has 3 rings (SSSR count). The second-order valence-corrected chi connectivity index (χ2v) is 6.38. The number of carbonyl (C=O) groups excluding carboxylic acids is 1. The molecule has 1 aromatic rings. The minimum Gasteiger partial charge on any atom is -0.365 e. The van der Waals surface area contributed by atoms with Crippen LogP contribution in [-0.2, 0) is 16.1 Å². The molecular weight excluding hydrogens is 284 g/mol. The van der Waals surface area contributed by atoms with E-state index in [4.69, 9.17) is 4.74 Å². The lowest BCUT2D eigenvalue weighted by Crippen LogP contribution is -2.49. The van der Waals surface area contributed by atoms with Gasteiger partial charge in [-0.25, -0.2) is 9.89 Å². The molecule has 1 N–H and O–H groups in total. The summed E-state index contributed by atoms with van der Waals surface area (Å²) >= 11 is 0. The number of rotatable bonds is 3. The van der Waals surface area contributed by atoms with Crippen LogP contribution in [0.25, 0.3) is 0 Å². The van der Waals surface area contributed by atoms with Gasteiger partial charge in [-0.1, -0.05) is 0 Å². The number of likely N-dealkylation sites (tertiary alicyclic amines) is 1. The van der Waals surface area contributed by atoms with E-state index in [0.717, 1.165) is 31.5 Å². The lowest BCUT2D eigenvalue weighted by Gasteiger charge is -2.36. The van der Waals surface area contributed by atoms with Gasteiger partial charge in [0.05, 0.1) is 0 Å². The van der Waals surface area contributed by atoms with E-state index in [1.54, 1.807) is 4.57 Å². The Bertz CT molecular complexity index is 592. The lowest BCUT2D eigenvalue weighted by atomic mass is 9.93. The number of piperidine rings is 1. The number of H-pyrrole nitrogens is 1. The smallest absolute Gasteiger partial charge is 0.343 e. The van der Waals surface area contributed by atoms with E-state index in [1.807, 2.05) is 18.7 Å². The molecule has 7 nitrogen and oxygen atoms in total. The van der Waals surface area contributed by atoms with Crippen LogP contribution in [0.2, 0.25) is 0 Å². The molecular formula is C15H24N4O3. The van der Waals surface area contributed by atoms with E-state index in [9.17, 15) is 9.59 Å². The van der Waals surface area contributed by atoms with Crippen LogP contribution >= 0.6 is 0 Å². The molecule has 2 aliphatic heterocycles. The molecule has 3 heterocycles. The number of amides is 1. The predicted molar refractivity (Wildman–Crippen MR) is 80.7 cm³/mol. The third-order valence-electron chi connectivity index (χ3n) is 4.92. The summed E-state index contributed by atoms with van der Waals surface area (Å²) in [5, 5.41) is 6.70. The molecule has 1 unspecified atom stereocenters. The van der Waals surface area contributed by atoms with Gasteiger partial charge in [0.1, 0.15) is 11.4 Å². The van der Waals surface area contributed by atoms with Gasteiger partial charge in [0.2, 0.25) is 0 Å². The number of hydrogen-bond donors (Lipinski definition) is 1. The van der Waals surface area contributed by atoms with Gasteiger partial charge < -0.3 is 9.64 Å². The first-order valence-corrected chi connectivity index (χ1v) is 8.13. The van der Waals surface area contributed by atoms with Crippen molar-refractivity contribution < 1.29 is 9.53 Å².